The fourth-order valence-corrected chi connectivity index (χ4v) is 2.21. The van der Waals surface area contributed by atoms with E-state index in [2.05, 4.69) is 61.4 Å². The molecule has 0 aliphatic carbocycles. The van der Waals surface area contributed by atoms with E-state index in [-0.39, 0.29) is 0 Å². The van der Waals surface area contributed by atoms with Gasteiger partial charge < -0.3 is 5.32 Å². The summed E-state index contributed by atoms with van der Waals surface area (Å²) < 4.78 is 0. The van der Waals surface area contributed by atoms with Crippen LogP contribution < -0.4 is 5.32 Å². The van der Waals surface area contributed by atoms with Gasteiger partial charge in [0, 0.05) is 25.0 Å². The number of aromatic nitrogens is 1. The van der Waals surface area contributed by atoms with E-state index in [4.69, 9.17) is 0 Å². The number of nitrogens with zero attached hydrogens (tertiary/aromatic N) is 1. The molecule has 100 valence electrons. The van der Waals surface area contributed by atoms with Crippen molar-refractivity contribution < 1.29 is 0 Å². The summed E-state index contributed by atoms with van der Waals surface area (Å²) in [5.41, 5.74) is 5.23. The molecule has 2 rings (SSSR count). The van der Waals surface area contributed by atoms with E-state index in [0.717, 1.165) is 13.0 Å². The highest BCUT2D eigenvalue weighted by Gasteiger charge is 2.09. The Morgan fingerprint density at radius 2 is 1.84 bits per heavy atom. The first-order valence-corrected chi connectivity index (χ1v) is 6.90. The van der Waals surface area contributed by atoms with Crippen molar-refractivity contribution in [1.82, 2.24) is 10.3 Å². The lowest BCUT2D eigenvalue weighted by Gasteiger charge is -2.18. The molecule has 1 heterocycles. The lowest BCUT2D eigenvalue weighted by molar-refractivity contribution is 0.517. The third kappa shape index (κ3) is 3.65. The summed E-state index contributed by atoms with van der Waals surface area (Å²) >= 11 is 0. The second-order valence-electron chi connectivity index (χ2n) is 5.05. The van der Waals surface area contributed by atoms with E-state index in [1.807, 2.05) is 12.4 Å². The molecule has 2 nitrogen and oxygen atoms in total. The summed E-state index contributed by atoms with van der Waals surface area (Å²) in [7, 11) is 0. The summed E-state index contributed by atoms with van der Waals surface area (Å²) in [6.45, 7) is 7.34. The maximum Gasteiger partial charge on any atom is 0.0320 e. The van der Waals surface area contributed by atoms with E-state index >= 15 is 0 Å². The molecular formula is C17H22N2. The largest absolute Gasteiger partial charge is 0.306 e. The van der Waals surface area contributed by atoms with Crippen LogP contribution in [0.25, 0.3) is 0 Å². The van der Waals surface area contributed by atoms with Gasteiger partial charge in [0.2, 0.25) is 0 Å². The molecule has 1 N–H and O–H groups in total. The first kappa shape index (κ1) is 13.8. The van der Waals surface area contributed by atoms with Crippen molar-refractivity contribution >= 4 is 0 Å². The standard InChI is InChI=1S/C17H22N2/c1-4-17(15-7-5-13(2)6-8-15)19-12-16-11-18-10-9-14(16)3/h5-11,17,19H,4,12H2,1-3H3. The van der Waals surface area contributed by atoms with Gasteiger partial charge in [0.1, 0.15) is 0 Å². The van der Waals surface area contributed by atoms with Gasteiger partial charge in [-0.2, -0.15) is 0 Å². The number of hydrogen-bond donors (Lipinski definition) is 1. The van der Waals surface area contributed by atoms with Gasteiger partial charge in [0.05, 0.1) is 0 Å². The third-order valence-corrected chi connectivity index (χ3v) is 3.57. The van der Waals surface area contributed by atoms with Crippen LogP contribution in [-0.2, 0) is 6.54 Å². The Labute approximate surface area is 115 Å². The Hall–Kier alpha value is -1.67. The summed E-state index contributed by atoms with van der Waals surface area (Å²) in [5.74, 6) is 0. The van der Waals surface area contributed by atoms with Crippen LogP contribution in [0.15, 0.2) is 42.7 Å². The van der Waals surface area contributed by atoms with Gasteiger partial charge in [-0.25, -0.2) is 0 Å². The summed E-state index contributed by atoms with van der Waals surface area (Å²) in [6, 6.07) is 11.2. The Morgan fingerprint density at radius 3 is 2.47 bits per heavy atom. The average Bonchev–Trinajstić information content (AvgIpc) is 2.43. The molecule has 0 aliphatic heterocycles. The minimum absolute atomic E-state index is 0.403. The van der Waals surface area contributed by atoms with Crippen LogP contribution in [0.5, 0.6) is 0 Å². The number of rotatable bonds is 5. The molecule has 0 fully saturated rings. The predicted octanol–water partition coefficient (Wildman–Crippen LogP) is 3.94. The van der Waals surface area contributed by atoms with Crippen molar-refractivity contribution in [3.63, 3.8) is 0 Å². The molecule has 0 aliphatic rings. The highest BCUT2D eigenvalue weighted by Crippen LogP contribution is 2.18. The molecule has 0 saturated carbocycles. The van der Waals surface area contributed by atoms with Crippen LogP contribution in [0.4, 0.5) is 0 Å². The van der Waals surface area contributed by atoms with E-state index in [0.29, 0.717) is 6.04 Å². The van der Waals surface area contributed by atoms with Gasteiger partial charge >= 0.3 is 0 Å². The van der Waals surface area contributed by atoms with Crippen LogP contribution in [0, 0.1) is 13.8 Å². The quantitative estimate of drug-likeness (QED) is 0.874. The minimum Gasteiger partial charge on any atom is -0.306 e. The predicted molar refractivity (Wildman–Crippen MR) is 80.0 cm³/mol. The van der Waals surface area contributed by atoms with Gasteiger partial charge in [-0.3, -0.25) is 4.98 Å². The lowest BCUT2D eigenvalue weighted by Crippen LogP contribution is -2.20. The van der Waals surface area contributed by atoms with E-state index in [9.17, 15) is 0 Å². The lowest BCUT2D eigenvalue weighted by atomic mass is 10.0. The van der Waals surface area contributed by atoms with Gasteiger partial charge in [-0.15, -0.1) is 0 Å². The Kier molecular flexibility index (Phi) is 4.69. The molecule has 1 atom stereocenters. The number of aryl methyl sites for hydroxylation is 2. The molecule has 0 bridgehead atoms. The zero-order chi connectivity index (χ0) is 13.7. The topological polar surface area (TPSA) is 24.9 Å². The first-order chi connectivity index (χ1) is 9.20. The Bertz CT molecular complexity index is 517. The highest BCUT2D eigenvalue weighted by atomic mass is 14.9. The van der Waals surface area contributed by atoms with Crippen LogP contribution in [0.2, 0.25) is 0 Å². The molecule has 1 aromatic carbocycles. The van der Waals surface area contributed by atoms with Crippen molar-refractivity contribution in [3.8, 4) is 0 Å². The van der Waals surface area contributed by atoms with Gasteiger partial charge in [-0.1, -0.05) is 36.8 Å². The third-order valence-electron chi connectivity index (χ3n) is 3.57. The molecule has 0 spiro atoms. The van der Waals surface area contributed by atoms with E-state index in [1.54, 1.807) is 0 Å². The SMILES string of the molecule is CCC(NCc1cnccc1C)c1ccc(C)cc1. The zero-order valence-corrected chi connectivity index (χ0v) is 12.0. The highest BCUT2D eigenvalue weighted by molar-refractivity contribution is 5.25. The summed E-state index contributed by atoms with van der Waals surface area (Å²) in [6.07, 6.45) is 4.88. The van der Waals surface area contributed by atoms with Gasteiger partial charge in [0.15, 0.2) is 0 Å². The Morgan fingerprint density at radius 1 is 1.11 bits per heavy atom. The first-order valence-electron chi connectivity index (χ1n) is 6.90. The molecule has 1 aromatic heterocycles. The maximum absolute atomic E-state index is 4.19. The zero-order valence-electron chi connectivity index (χ0n) is 12.0. The van der Waals surface area contributed by atoms with Crippen molar-refractivity contribution in [2.45, 2.75) is 39.8 Å². The van der Waals surface area contributed by atoms with E-state index in [1.165, 1.54) is 22.3 Å². The monoisotopic (exact) mass is 254 g/mol. The second-order valence-corrected chi connectivity index (χ2v) is 5.05. The van der Waals surface area contributed by atoms with Crippen molar-refractivity contribution in [1.29, 1.82) is 0 Å². The number of hydrogen-bond acceptors (Lipinski definition) is 2. The molecule has 0 saturated heterocycles. The fraction of sp³-hybridized carbons (Fsp3) is 0.353. The average molecular weight is 254 g/mol. The van der Waals surface area contributed by atoms with Crippen molar-refractivity contribution in [2.75, 3.05) is 0 Å². The molecule has 0 radical (unpaired) electrons. The number of pyridine rings is 1. The molecular weight excluding hydrogens is 232 g/mol. The maximum atomic E-state index is 4.19. The van der Waals surface area contributed by atoms with Crippen molar-refractivity contribution in [2.24, 2.45) is 0 Å². The molecule has 19 heavy (non-hydrogen) atoms. The van der Waals surface area contributed by atoms with Crippen molar-refractivity contribution in [3.05, 3.63) is 65.0 Å². The van der Waals surface area contributed by atoms with Gasteiger partial charge in [-0.05, 0) is 43.0 Å². The molecule has 0 amide bonds. The van der Waals surface area contributed by atoms with Crippen LogP contribution in [0.1, 0.15) is 41.6 Å². The summed E-state index contributed by atoms with van der Waals surface area (Å²) in [5, 5.41) is 3.62. The molecule has 2 heteroatoms. The van der Waals surface area contributed by atoms with Gasteiger partial charge in [0.25, 0.3) is 0 Å². The number of nitrogens with one attached hydrogen (secondary N) is 1. The fourth-order valence-electron chi connectivity index (χ4n) is 2.21. The smallest absolute Gasteiger partial charge is 0.0320 e. The Balaban J connectivity index is 2.04. The molecule has 2 aromatic rings. The van der Waals surface area contributed by atoms with Crippen LogP contribution in [-0.4, -0.2) is 4.98 Å². The van der Waals surface area contributed by atoms with E-state index < -0.39 is 0 Å². The van der Waals surface area contributed by atoms with Crippen LogP contribution >= 0.6 is 0 Å². The van der Waals surface area contributed by atoms with Crippen LogP contribution in [0.3, 0.4) is 0 Å². The molecule has 1 unspecified atom stereocenters. The summed E-state index contributed by atoms with van der Waals surface area (Å²) in [4.78, 5) is 4.19. The minimum atomic E-state index is 0.403. The second kappa shape index (κ2) is 6.48. The number of benzene rings is 1. The normalized spacial score (nSPS) is 12.4.